The van der Waals surface area contributed by atoms with E-state index in [0.29, 0.717) is 12.4 Å². The van der Waals surface area contributed by atoms with Gasteiger partial charge in [-0.3, -0.25) is 9.69 Å². The molecule has 0 saturated carbocycles. The molecule has 1 N–H and O–H groups in total. The molecule has 4 heteroatoms. The molecule has 0 amide bonds. The SMILES string of the molecule is CCOc1cc(CN2CCC(C(C)=O)(c3ccccc3)CC2)ccc1O. The smallest absolute Gasteiger partial charge is 0.161 e. The Bertz CT molecular complexity index is 749. The number of ether oxygens (including phenoxy) is 1. The molecule has 0 aromatic heterocycles. The molecule has 2 aromatic carbocycles. The third kappa shape index (κ3) is 3.75. The zero-order valence-electron chi connectivity index (χ0n) is 15.6. The van der Waals surface area contributed by atoms with E-state index in [9.17, 15) is 9.90 Å². The molecular weight excluding hydrogens is 326 g/mol. The number of phenols is 1. The number of piperidine rings is 1. The van der Waals surface area contributed by atoms with Crippen LogP contribution >= 0.6 is 0 Å². The van der Waals surface area contributed by atoms with Gasteiger partial charge in [-0.05, 0) is 63.0 Å². The predicted octanol–water partition coefficient (Wildman–Crippen LogP) is 3.91. The lowest BCUT2D eigenvalue weighted by Crippen LogP contribution is -2.46. The molecule has 0 unspecified atom stereocenters. The van der Waals surface area contributed by atoms with Gasteiger partial charge in [-0.2, -0.15) is 0 Å². The molecule has 1 heterocycles. The second-order valence-electron chi connectivity index (χ2n) is 7.02. The van der Waals surface area contributed by atoms with Crippen LogP contribution in [0.2, 0.25) is 0 Å². The van der Waals surface area contributed by atoms with Gasteiger partial charge in [0.2, 0.25) is 0 Å². The van der Waals surface area contributed by atoms with Crippen LogP contribution in [0.25, 0.3) is 0 Å². The third-order valence-electron chi connectivity index (χ3n) is 5.44. The summed E-state index contributed by atoms with van der Waals surface area (Å²) in [6.07, 6.45) is 1.67. The zero-order chi connectivity index (χ0) is 18.6. The fourth-order valence-electron chi connectivity index (χ4n) is 3.88. The van der Waals surface area contributed by atoms with Gasteiger partial charge in [0, 0.05) is 6.54 Å². The number of phenolic OH excluding ortho intramolecular Hbond substituents is 1. The molecule has 1 aliphatic heterocycles. The first-order valence-electron chi connectivity index (χ1n) is 9.29. The van der Waals surface area contributed by atoms with E-state index in [2.05, 4.69) is 17.0 Å². The van der Waals surface area contributed by atoms with Crippen LogP contribution in [0.15, 0.2) is 48.5 Å². The molecule has 26 heavy (non-hydrogen) atoms. The maximum atomic E-state index is 12.5. The van der Waals surface area contributed by atoms with Crippen LogP contribution < -0.4 is 4.74 Å². The highest BCUT2D eigenvalue weighted by molar-refractivity contribution is 5.88. The molecule has 0 radical (unpaired) electrons. The van der Waals surface area contributed by atoms with Gasteiger partial charge < -0.3 is 9.84 Å². The number of nitrogens with zero attached hydrogens (tertiary/aromatic N) is 1. The van der Waals surface area contributed by atoms with E-state index in [1.807, 2.05) is 37.3 Å². The van der Waals surface area contributed by atoms with Gasteiger partial charge in [-0.15, -0.1) is 0 Å². The minimum atomic E-state index is -0.358. The Balaban J connectivity index is 1.70. The van der Waals surface area contributed by atoms with Crippen molar-refractivity contribution in [2.45, 2.75) is 38.6 Å². The van der Waals surface area contributed by atoms with Crippen LogP contribution in [0.5, 0.6) is 11.5 Å². The zero-order valence-corrected chi connectivity index (χ0v) is 15.6. The Morgan fingerprint density at radius 3 is 2.46 bits per heavy atom. The standard InChI is InChI=1S/C22H27NO3/c1-3-26-21-15-18(9-10-20(21)25)16-23-13-11-22(12-14-23,17(2)24)19-7-5-4-6-8-19/h4-10,15,25H,3,11-14,16H2,1-2H3. The Kier molecular flexibility index (Phi) is 5.62. The van der Waals surface area contributed by atoms with Crippen molar-refractivity contribution in [3.8, 4) is 11.5 Å². The lowest BCUT2D eigenvalue weighted by molar-refractivity contribution is -0.124. The first-order valence-corrected chi connectivity index (χ1v) is 9.29. The van der Waals surface area contributed by atoms with Crippen LogP contribution in [-0.2, 0) is 16.8 Å². The monoisotopic (exact) mass is 353 g/mol. The van der Waals surface area contributed by atoms with E-state index in [-0.39, 0.29) is 16.9 Å². The van der Waals surface area contributed by atoms with Crippen molar-refractivity contribution in [1.82, 2.24) is 4.90 Å². The number of carbonyl (C=O) groups is 1. The third-order valence-corrected chi connectivity index (χ3v) is 5.44. The quantitative estimate of drug-likeness (QED) is 0.855. The van der Waals surface area contributed by atoms with Crippen molar-refractivity contribution in [3.63, 3.8) is 0 Å². The van der Waals surface area contributed by atoms with Crippen LogP contribution in [0.1, 0.15) is 37.8 Å². The summed E-state index contributed by atoms with van der Waals surface area (Å²) >= 11 is 0. The Morgan fingerprint density at radius 1 is 1.15 bits per heavy atom. The van der Waals surface area contributed by atoms with Gasteiger partial charge in [0.05, 0.1) is 12.0 Å². The van der Waals surface area contributed by atoms with Crippen molar-refractivity contribution >= 4 is 5.78 Å². The van der Waals surface area contributed by atoms with Crippen molar-refractivity contribution in [1.29, 1.82) is 0 Å². The van der Waals surface area contributed by atoms with Crippen molar-refractivity contribution in [3.05, 3.63) is 59.7 Å². The molecule has 0 aliphatic carbocycles. The van der Waals surface area contributed by atoms with Gasteiger partial charge >= 0.3 is 0 Å². The van der Waals surface area contributed by atoms with E-state index >= 15 is 0 Å². The van der Waals surface area contributed by atoms with Gasteiger partial charge in [0.1, 0.15) is 5.78 Å². The minimum absolute atomic E-state index is 0.175. The van der Waals surface area contributed by atoms with E-state index in [1.54, 1.807) is 13.0 Å². The topological polar surface area (TPSA) is 49.8 Å². The van der Waals surface area contributed by atoms with E-state index < -0.39 is 0 Å². The van der Waals surface area contributed by atoms with Gasteiger partial charge in [-0.1, -0.05) is 36.4 Å². The molecule has 0 spiro atoms. The molecule has 1 saturated heterocycles. The van der Waals surface area contributed by atoms with Crippen molar-refractivity contribution in [2.24, 2.45) is 0 Å². The van der Waals surface area contributed by atoms with E-state index in [0.717, 1.165) is 43.6 Å². The summed E-state index contributed by atoms with van der Waals surface area (Å²) in [5, 5.41) is 9.85. The molecule has 3 rings (SSSR count). The van der Waals surface area contributed by atoms with Crippen molar-refractivity contribution in [2.75, 3.05) is 19.7 Å². The minimum Gasteiger partial charge on any atom is -0.504 e. The predicted molar refractivity (Wildman–Crippen MR) is 103 cm³/mol. The summed E-state index contributed by atoms with van der Waals surface area (Å²) in [6.45, 7) is 6.69. The van der Waals surface area contributed by atoms with Crippen LogP contribution in [0.4, 0.5) is 0 Å². The number of hydrogen-bond acceptors (Lipinski definition) is 4. The lowest BCUT2D eigenvalue weighted by atomic mass is 9.70. The van der Waals surface area contributed by atoms with Crippen LogP contribution in [0, 0.1) is 0 Å². The highest BCUT2D eigenvalue weighted by Crippen LogP contribution is 2.37. The van der Waals surface area contributed by atoms with Crippen molar-refractivity contribution < 1.29 is 14.6 Å². The number of hydrogen-bond donors (Lipinski definition) is 1. The van der Waals surface area contributed by atoms with Crippen LogP contribution in [-0.4, -0.2) is 35.5 Å². The number of likely N-dealkylation sites (tertiary alicyclic amines) is 1. The number of carbonyl (C=O) groups excluding carboxylic acids is 1. The average molecular weight is 353 g/mol. The van der Waals surface area contributed by atoms with E-state index in [4.69, 9.17) is 4.74 Å². The summed E-state index contributed by atoms with van der Waals surface area (Å²) < 4.78 is 5.48. The van der Waals surface area contributed by atoms with E-state index in [1.165, 1.54) is 0 Å². The number of benzene rings is 2. The maximum absolute atomic E-state index is 12.5. The highest BCUT2D eigenvalue weighted by atomic mass is 16.5. The van der Waals surface area contributed by atoms with Gasteiger partial charge in [-0.25, -0.2) is 0 Å². The second kappa shape index (κ2) is 7.92. The maximum Gasteiger partial charge on any atom is 0.161 e. The summed E-state index contributed by atoms with van der Waals surface area (Å²) in [7, 11) is 0. The number of rotatable bonds is 6. The summed E-state index contributed by atoms with van der Waals surface area (Å²) in [5.74, 6) is 0.963. The molecule has 0 bridgehead atoms. The van der Waals surface area contributed by atoms with Gasteiger partial charge in [0.15, 0.2) is 11.5 Å². The van der Waals surface area contributed by atoms with Gasteiger partial charge in [0.25, 0.3) is 0 Å². The number of Topliss-reactive ketones (excluding diaryl/α,β-unsaturated/α-hetero) is 1. The summed E-state index contributed by atoms with van der Waals surface area (Å²) in [6, 6.07) is 15.7. The Hall–Kier alpha value is -2.33. The highest BCUT2D eigenvalue weighted by Gasteiger charge is 2.40. The molecule has 4 nitrogen and oxygen atoms in total. The normalized spacial score (nSPS) is 17.0. The number of ketones is 1. The molecule has 2 aromatic rings. The first kappa shape index (κ1) is 18.5. The fourth-order valence-corrected chi connectivity index (χ4v) is 3.88. The molecule has 1 aliphatic rings. The second-order valence-corrected chi connectivity index (χ2v) is 7.02. The summed E-state index contributed by atoms with van der Waals surface area (Å²) in [5.41, 5.74) is 1.89. The molecule has 138 valence electrons. The Labute approximate surface area is 155 Å². The molecule has 1 fully saturated rings. The first-order chi connectivity index (χ1) is 12.5. The number of aromatic hydroxyl groups is 1. The fraction of sp³-hybridized carbons (Fsp3) is 0.409. The average Bonchev–Trinajstić information content (AvgIpc) is 2.66. The molecular formula is C22H27NO3. The van der Waals surface area contributed by atoms with Crippen LogP contribution in [0.3, 0.4) is 0 Å². The lowest BCUT2D eigenvalue weighted by Gasteiger charge is -2.40. The largest absolute Gasteiger partial charge is 0.504 e. The molecule has 0 atom stereocenters. The summed E-state index contributed by atoms with van der Waals surface area (Å²) in [4.78, 5) is 14.8. The Morgan fingerprint density at radius 2 is 1.85 bits per heavy atom.